The molecule has 7 heteroatoms. The van der Waals surface area contributed by atoms with E-state index in [1.807, 2.05) is 32.0 Å². The summed E-state index contributed by atoms with van der Waals surface area (Å²) in [5, 5.41) is 0. The number of hydrogen-bond donors (Lipinski definition) is 0. The molecule has 2 aliphatic heterocycles. The highest BCUT2D eigenvalue weighted by molar-refractivity contribution is 6.22. The zero-order chi connectivity index (χ0) is 22.8. The lowest BCUT2D eigenvalue weighted by atomic mass is 10.0. The zero-order valence-electron chi connectivity index (χ0n) is 18.4. The van der Waals surface area contributed by atoms with Gasteiger partial charge < -0.3 is 9.80 Å². The van der Waals surface area contributed by atoms with E-state index in [9.17, 15) is 19.2 Å². The van der Waals surface area contributed by atoms with Crippen molar-refractivity contribution in [3.63, 3.8) is 0 Å². The number of carbonyl (C=O) groups is 4. The van der Waals surface area contributed by atoms with Crippen molar-refractivity contribution in [3.8, 4) is 0 Å². The Bertz CT molecular complexity index is 1060. The fourth-order valence-corrected chi connectivity index (χ4v) is 4.22. The lowest BCUT2D eigenvalue weighted by Crippen LogP contribution is -2.37. The second-order valence-corrected chi connectivity index (χ2v) is 8.68. The standard InChI is InChI=1S/C25H27N3O4/c1-17(2)16-28-24(31)20-10-9-19(15-21(20)25(28)32)23(30)27-12-6-11-26(13-14-27)22(29)18-7-4-3-5-8-18/h3-5,7-10,15,17H,6,11-14,16H2,1-2H3. The average molecular weight is 434 g/mol. The Labute approximate surface area is 187 Å². The second-order valence-electron chi connectivity index (χ2n) is 8.68. The molecule has 0 aliphatic carbocycles. The Hall–Kier alpha value is -3.48. The number of hydrogen-bond acceptors (Lipinski definition) is 4. The van der Waals surface area contributed by atoms with E-state index >= 15 is 0 Å². The Morgan fingerprint density at radius 2 is 1.38 bits per heavy atom. The largest absolute Gasteiger partial charge is 0.337 e. The van der Waals surface area contributed by atoms with Gasteiger partial charge in [0.25, 0.3) is 23.6 Å². The lowest BCUT2D eigenvalue weighted by Gasteiger charge is -2.22. The van der Waals surface area contributed by atoms with Gasteiger partial charge in [-0.1, -0.05) is 32.0 Å². The Kier molecular flexibility index (Phi) is 6.08. The third kappa shape index (κ3) is 4.15. The first-order chi connectivity index (χ1) is 15.4. The summed E-state index contributed by atoms with van der Waals surface area (Å²) in [5.41, 5.74) is 1.67. The molecule has 1 fully saturated rings. The molecule has 1 saturated heterocycles. The van der Waals surface area contributed by atoms with Crippen molar-refractivity contribution in [1.29, 1.82) is 0 Å². The van der Waals surface area contributed by atoms with Crippen LogP contribution in [0, 0.1) is 5.92 Å². The summed E-state index contributed by atoms with van der Waals surface area (Å²) in [4.78, 5) is 55.9. The predicted molar refractivity (Wildman–Crippen MR) is 120 cm³/mol. The molecule has 0 aromatic heterocycles. The van der Waals surface area contributed by atoms with Crippen LogP contribution in [-0.2, 0) is 0 Å². The molecule has 0 bridgehead atoms. The van der Waals surface area contributed by atoms with Crippen molar-refractivity contribution >= 4 is 23.6 Å². The minimum Gasteiger partial charge on any atom is -0.337 e. The van der Waals surface area contributed by atoms with E-state index in [1.165, 1.54) is 11.0 Å². The first kappa shape index (κ1) is 21.7. The van der Waals surface area contributed by atoms with Crippen LogP contribution in [0.2, 0.25) is 0 Å². The molecule has 7 nitrogen and oxygen atoms in total. The number of benzene rings is 2. The molecule has 166 valence electrons. The third-order valence-electron chi connectivity index (χ3n) is 5.86. The molecule has 0 atom stereocenters. The van der Waals surface area contributed by atoms with Gasteiger partial charge in [-0.15, -0.1) is 0 Å². The number of imide groups is 1. The van der Waals surface area contributed by atoms with Crippen LogP contribution in [0.4, 0.5) is 0 Å². The summed E-state index contributed by atoms with van der Waals surface area (Å²) in [7, 11) is 0. The van der Waals surface area contributed by atoms with Crippen molar-refractivity contribution in [2.24, 2.45) is 5.92 Å². The van der Waals surface area contributed by atoms with Crippen LogP contribution >= 0.6 is 0 Å². The van der Waals surface area contributed by atoms with Gasteiger partial charge in [0.15, 0.2) is 0 Å². The van der Waals surface area contributed by atoms with Gasteiger partial charge in [0.2, 0.25) is 0 Å². The van der Waals surface area contributed by atoms with Crippen LogP contribution < -0.4 is 0 Å². The van der Waals surface area contributed by atoms with Crippen molar-refractivity contribution in [3.05, 3.63) is 70.8 Å². The van der Waals surface area contributed by atoms with E-state index in [-0.39, 0.29) is 35.1 Å². The number of carbonyl (C=O) groups excluding carboxylic acids is 4. The van der Waals surface area contributed by atoms with E-state index in [0.29, 0.717) is 55.8 Å². The molecule has 0 radical (unpaired) electrons. The highest BCUT2D eigenvalue weighted by Crippen LogP contribution is 2.25. The van der Waals surface area contributed by atoms with Gasteiger partial charge >= 0.3 is 0 Å². The van der Waals surface area contributed by atoms with Gasteiger partial charge in [0.1, 0.15) is 0 Å². The van der Waals surface area contributed by atoms with Crippen molar-refractivity contribution in [2.45, 2.75) is 20.3 Å². The van der Waals surface area contributed by atoms with Crippen molar-refractivity contribution in [2.75, 3.05) is 32.7 Å². The maximum atomic E-state index is 13.2. The van der Waals surface area contributed by atoms with Gasteiger partial charge in [-0.3, -0.25) is 24.1 Å². The quantitative estimate of drug-likeness (QED) is 0.695. The normalized spacial score (nSPS) is 16.4. The Morgan fingerprint density at radius 1 is 0.781 bits per heavy atom. The van der Waals surface area contributed by atoms with Crippen molar-refractivity contribution in [1.82, 2.24) is 14.7 Å². The molecule has 2 aromatic rings. The van der Waals surface area contributed by atoms with Crippen LogP contribution in [0.5, 0.6) is 0 Å². The SMILES string of the molecule is CC(C)CN1C(=O)c2ccc(C(=O)N3CCCN(C(=O)c4ccccc4)CC3)cc2C1=O. The van der Waals surface area contributed by atoms with Gasteiger partial charge in [0.05, 0.1) is 11.1 Å². The second kappa shape index (κ2) is 8.94. The molecule has 2 aromatic carbocycles. The maximum absolute atomic E-state index is 13.2. The molecule has 4 rings (SSSR count). The molecule has 32 heavy (non-hydrogen) atoms. The van der Waals surface area contributed by atoms with E-state index in [1.54, 1.807) is 34.1 Å². The molecule has 2 heterocycles. The fourth-order valence-electron chi connectivity index (χ4n) is 4.22. The molecular formula is C25H27N3O4. The van der Waals surface area contributed by atoms with Crippen LogP contribution in [0.25, 0.3) is 0 Å². The van der Waals surface area contributed by atoms with Gasteiger partial charge in [-0.05, 0) is 42.7 Å². The summed E-state index contributed by atoms with van der Waals surface area (Å²) < 4.78 is 0. The maximum Gasteiger partial charge on any atom is 0.261 e. The molecule has 4 amide bonds. The highest BCUT2D eigenvalue weighted by atomic mass is 16.2. The van der Waals surface area contributed by atoms with Crippen LogP contribution in [-0.4, -0.2) is 71.1 Å². The number of nitrogens with zero attached hydrogens (tertiary/aromatic N) is 3. The minimum absolute atomic E-state index is 0.0354. The third-order valence-corrected chi connectivity index (χ3v) is 5.86. The van der Waals surface area contributed by atoms with E-state index in [2.05, 4.69) is 0 Å². The van der Waals surface area contributed by atoms with Gasteiger partial charge in [-0.2, -0.15) is 0 Å². The first-order valence-electron chi connectivity index (χ1n) is 11.0. The van der Waals surface area contributed by atoms with Gasteiger partial charge in [-0.25, -0.2) is 0 Å². The minimum atomic E-state index is -0.344. The molecular weight excluding hydrogens is 406 g/mol. The van der Waals surface area contributed by atoms with Gasteiger partial charge in [0, 0.05) is 43.9 Å². The van der Waals surface area contributed by atoms with E-state index < -0.39 is 0 Å². The Balaban J connectivity index is 1.47. The van der Waals surface area contributed by atoms with Crippen molar-refractivity contribution < 1.29 is 19.2 Å². The monoisotopic (exact) mass is 433 g/mol. The zero-order valence-corrected chi connectivity index (χ0v) is 18.4. The lowest BCUT2D eigenvalue weighted by molar-refractivity contribution is 0.0635. The fraction of sp³-hybridized carbons (Fsp3) is 0.360. The molecule has 0 unspecified atom stereocenters. The smallest absolute Gasteiger partial charge is 0.261 e. The molecule has 0 spiro atoms. The summed E-state index contributed by atoms with van der Waals surface area (Å²) in [6.07, 6.45) is 0.675. The summed E-state index contributed by atoms with van der Waals surface area (Å²) in [5.74, 6) is -0.709. The Morgan fingerprint density at radius 3 is 2.00 bits per heavy atom. The van der Waals surface area contributed by atoms with Crippen LogP contribution in [0.3, 0.4) is 0 Å². The van der Waals surface area contributed by atoms with E-state index in [0.717, 1.165) is 0 Å². The summed E-state index contributed by atoms with van der Waals surface area (Å²) in [6.45, 7) is 6.23. The summed E-state index contributed by atoms with van der Waals surface area (Å²) >= 11 is 0. The number of amides is 4. The average Bonchev–Trinajstić information content (AvgIpc) is 2.97. The number of fused-ring (bicyclic) bond motifs is 1. The molecule has 0 N–H and O–H groups in total. The van der Waals surface area contributed by atoms with E-state index in [4.69, 9.17) is 0 Å². The topological polar surface area (TPSA) is 78.0 Å². The highest BCUT2D eigenvalue weighted by Gasteiger charge is 2.36. The predicted octanol–water partition coefficient (Wildman–Crippen LogP) is 2.93. The van der Waals surface area contributed by atoms with Crippen LogP contribution in [0.1, 0.15) is 61.7 Å². The van der Waals surface area contributed by atoms with Crippen LogP contribution in [0.15, 0.2) is 48.5 Å². The first-order valence-corrected chi connectivity index (χ1v) is 11.0. The molecule has 0 saturated carbocycles. The number of rotatable bonds is 4. The summed E-state index contributed by atoms with van der Waals surface area (Å²) in [6, 6.07) is 13.9. The molecule has 2 aliphatic rings.